The zero-order valence-corrected chi connectivity index (χ0v) is 14.0. The third kappa shape index (κ3) is 3.95. The van der Waals surface area contributed by atoms with Crippen LogP contribution in [0, 0.1) is 0 Å². The Kier molecular flexibility index (Phi) is 5.49. The van der Waals surface area contributed by atoms with Gasteiger partial charge in [0.25, 0.3) is 5.91 Å². The predicted octanol–water partition coefficient (Wildman–Crippen LogP) is 3.52. The predicted molar refractivity (Wildman–Crippen MR) is 93.4 cm³/mol. The molecule has 2 aromatic carbocycles. The Labute approximate surface area is 142 Å². The first-order valence-corrected chi connectivity index (χ1v) is 8.48. The van der Waals surface area contributed by atoms with Gasteiger partial charge in [0.2, 0.25) is 0 Å². The second-order valence-corrected chi connectivity index (χ2v) is 5.89. The molecule has 1 aliphatic rings. The summed E-state index contributed by atoms with van der Waals surface area (Å²) >= 11 is 0. The minimum Gasteiger partial charge on any atom is -0.494 e. The fourth-order valence-corrected chi connectivity index (χ4v) is 2.86. The largest absolute Gasteiger partial charge is 0.494 e. The third-order valence-electron chi connectivity index (χ3n) is 4.13. The lowest BCUT2D eigenvalue weighted by molar-refractivity contribution is 0.0411. The summed E-state index contributed by atoms with van der Waals surface area (Å²) < 4.78 is 11.4. The van der Waals surface area contributed by atoms with E-state index in [1.165, 1.54) is 11.1 Å². The van der Waals surface area contributed by atoms with Gasteiger partial charge < -0.3 is 14.8 Å². The molecule has 0 radical (unpaired) electrons. The lowest BCUT2D eigenvalue weighted by Gasteiger charge is -2.26. The summed E-state index contributed by atoms with van der Waals surface area (Å²) in [5.74, 6) is 0.696. The van der Waals surface area contributed by atoms with Crippen molar-refractivity contribution in [2.75, 3.05) is 19.8 Å². The van der Waals surface area contributed by atoms with Gasteiger partial charge in [0.05, 0.1) is 13.2 Å². The molecule has 126 valence electrons. The molecule has 1 aliphatic heterocycles. The highest BCUT2D eigenvalue weighted by Crippen LogP contribution is 2.26. The molecule has 0 saturated heterocycles. The normalized spacial score (nSPS) is 16.3. The van der Waals surface area contributed by atoms with Crippen LogP contribution < -0.4 is 10.1 Å². The average molecular weight is 325 g/mol. The Morgan fingerprint density at radius 3 is 2.79 bits per heavy atom. The maximum Gasteiger partial charge on any atom is 0.251 e. The number of carbonyl (C=O) groups is 1. The van der Waals surface area contributed by atoms with Crippen molar-refractivity contribution in [1.82, 2.24) is 5.32 Å². The highest BCUT2D eigenvalue weighted by atomic mass is 16.5. The quantitative estimate of drug-likeness (QED) is 0.884. The van der Waals surface area contributed by atoms with E-state index in [2.05, 4.69) is 24.4 Å². The first-order valence-electron chi connectivity index (χ1n) is 8.48. The Morgan fingerprint density at radius 1 is 1.21 bits per heavy atom. The number of fused-ring (bicyclic) bond motifs is 1. The zero-order chi connectivity index (χ0) is 16.8. The van der Waals surface area contributed by atoms with Crippen molar-refractivity contribution >= 4 is 5.91 Å². The van der Waals surface area contributed by atoms with Gasteiger partial charge in [0.1, 0.15) is 11.9 Å². The van der Waals surface area contributed by atoms with Gasteiger partial charge in [-0.25, -0.2) is 0 Å². The number of amides is 1. The van der Waals surface area contributed by atoms with Crippen molar-refractivity contribution in [1.29, 1.82) is 0 Å². The van der Waals surface area contributed by atoms with Gasteiger partial charge in [0.15, 0.2) is 0 Å². The molecule has 2 aromatic rings. The Morgan fingerprint density at radius 2 is 2.00 bits per heavy atom. The minimum atomic E-state index is -0.0938. The highest BCUT2D eigenvalue weighted by Gasteiger charge is 2.21. The number of carbonyl (C=O) groups excluding carboxylic acids is 1. The summed E-state index contributed by atoms with van der Waals surface area (Å²) in [4.78, 5) is 12.3. The van der Waals surface area contributed by atoms with Crippen LogP contribution in [-0.2, 0) is 11.2 Å². The van der Waals surface area contributed by atoms with Crippen molar-refractivity contribution in [3.05, 3.63) is 65.2 Å². The van der Waals surface area contributed by atoms with Gasteiger partial charge in [-0.1, -0.05) is 31.2 Å². The summed E-state index contributed by atoms with van der Waals surface area (Å²) in [6, 6.07) is 15.5. The Hall–Kier alpha value is -2.33. The molecule has 0 bridgehead atoms. The summed E-state index contributed by atoms with van der Waals surface area (Å²) in [5, 5.41) is 2.97. The first-order chi connectivity index (χ1) is 11.8. The van der Waals surface area contributed by atoms with Crippen LogP contribution in [0.1, 0.15) is 40.9 Å². The van der Waals surface area contributed by atoms with Crippen molar-refractivity contribution in [2.45, 2.75) is 25.9 Å². The third-order valence-corrected chi connectivity index (χ3v) is 4.13. The molecule has 4 nitrogen and oxygen atoms in total. The van der Waals surface area contributed by atoms with Gasteiger partial charge in [-0.15, -0.1) is 0 Å². The fourth-order valence-electron chi connectivity index (χ4n) is 2.86. The molecule has 0 spiro atoms. The van der Waals surface area contributed by atoms with E-state index in [0.717, 1.165) is 18.6 Å². The summed E-state index contributed by atoms with van der Waals surface area (Å²) in [5.41, 5.74) is 3.11. The van der Waals surface area contributed by atoms with Gasteiger partial charge in [-0.3, -0.25) is 4.79 Å². The molecule has 0 aromatic heterocycles. The maximum absolute atomic E-state index is 12.3. The van der Waals surface area contributed by atoms with Crippen molar-refractivity contribution in [3.8, 4) is 5.75 Å². The molecule has 0 fully saturated rings. The van der Waals surface area contributed by atoms with Gasteiger partial charge in [-0.2, -0.15) is 0 Å². The van der Waals surface area contributed by atoms with Crippen molar-refractivity contribution in [3.63, 3.8) is 0 Å². The van der Waals surface area contributed by atoms with Gasteiger partial charge in [-0.05, 0) is 48.2 Å². The van der Waals surface area contributed by atoms with Crippen LogP contribution in [0.15, 0.2) is 48.5 Å². The minimum absolute atomic E-state index is 0.0777. The summed E-state index contributed by atoms with van der Waals surface area (Å²) in [7, 11) is 0. The SMILES string of the molecule is CCCOc1ccc(C(=O)NC[C@@H]2OCCc3ccccc32)cc1. The van der Waals surface area contributed by atoms with Crippen LogP contribution in [0.25, 0.3) is 0 Å². The van der Waals surface area contributed by atoms with Gasteiger partial charge in [0, 0.05) is 12.1 Å². The number of hydrogen-bond acceptors (Lipinski definition) is 3. The van der Waals surface area contributed by atoms with E-state index in [4.69, 9.17) is 9.47 Å². The van der Waals surface area contributed by atoms with Crippen LogP contribution >= 0.6 is 0 Å². The lowest BCUT2D eigenvalue weighted by Crippen LogP contribution is -2.31. The molecule has 1 atom stereocenters. The van der Waals surface area contributed by atoms with E-state index >= 15 is 0 Å². The van der Waals surface area contributed by atoms with E-state index in [-0.39, 0.29) is 12.0 Å². The zero-order valence-electron chi connectivity index (χ0n) is 14.0. The summed E-state index contributed by atoms with van der Waals surface area (Å²) in [6.45, 7) is 3.92. The first kappa shape index (κ1) is 16.5. The van der Waals surface area contributed by atoms with E-state index < -0.39 is 0 Å². The van der Waals surface area contributed by atoms with Crippen LogP contribution in [-0.4, -0.2) is 25.7 Å². The summed E-state index contributed by atoms with van der Waals surface area (Å²) in [6.07, 6.45) is 1.82. The second kappa shape index (κ2) is 7.97. The van der Waals surface area contributed by atoms with Crippen molar-refractivity contribution < 1.29 is 14.3 Å². The molecule has 0 aliphatic carbocycles. The molecular weight excluding hydrogens is 302 g/mol. The van der Waals surface area contributed by atoms with Crippen LogP contribution in [0.3, 0.4) is 0 Å². The van der Waals surface area contributed by atoms with Crippen LogP contribution in [0.2, 0.25) is 0 Å². The number of nitrogens with one attached hydrogen (secondary N) is 1. The molecule has 1 N–H and O–H groups in total. The van der Waals surface area contributed by atoms with Crippen LogP contribution in [0.4, 0.5) is 0 Å². The highest BCUT2D eigenvalue weighted by molar-refractivity contribution is 5.94. The van der Waals surface area contributed by atoms with E-state index in [1.807, 2.05) is 24.3 Å². The average Bonchev–Trinajstić information content (AvgIpc) is 2.64. The van der Waals surface area contributed by atoms with E-state index in [0.29, 0.717) is 25.3 Å². The molecule has 3 rings (SSSR count). The fraction of sp³-hybridized carbons (Fsp3) is 0.350. The Bertz CT molecular complexity index is 682. The molecule has 0 unspecified atom stereocenters. The molecular formula is C20H23NO3. The van der Waals surface area contributed by atoms with E-state index in [1.54, 1.807) is 12.1 Å². The number of hydrogen-bond donors (Lipinski definition) is 1. The lowest BCUT2D eigenvalue weighted by atomic mass is 9.97. The number of benzene rings is 2. The molecule has 4 heteroatoms. The number of ether oxygens (including phenoxy) is 2. The van der Waals surface area contributed by atoms with E-state index in [9.17, 15) is 4.79 Å². The topological polar surface area (TPSA) is 47.6 Å². The monoisotopic (exact) mass is 325 g/mol. The molecule has 0 saturated carbocycles. The molecule has 1 heterocycles. The number of rotatable bonds is 6. The van der Waals surface area contributed by atoms with Crippen LogP contribution in [0.5, 0.6) is 5.75 Å². The molecule has 24 heavy (non-hydrogen) atoms. The second-order valence-electron chi connectivity index (χ2n) is 5.89. The maximum atomic E-state index is 12.3. The molecule has 1 amide bonds. The van der Waals surface area contributed by atoms with Crippen molar-refractivity contribution in [2.24, 2.45) is 0 Å². The Balaban J connectivity index is 1.58. The van der Waals surface area contributed by atoms with Gasteiger partial charge >= 0.3 is 0 Å². The smallest absolute Gasteiger partial charge is 0.251 e. The standard InChI is InChI=1S/C20H23NO3/c1-2-12-23-17-9-7-16(8-10-17)20(22)21-14-19-18-6-4-3-5-15(18)11-13-24-19/h3-10,19H,2,11-14H2,1H3,(H,21,22)/t19-/m0/s1.